The van der Waals surface area contributed by atoms with Crippen LogP contribution in [0.4, 0.5) is 0 Å². The number of carboxylic acids is 1. The Morgan fingerprint density at radius 3 is 2.69 bits per heavy atom. The van der Waals surface area contributed by atoms with Crippen molar-refractivity contribution >= 4 is 23.2 Å². The van der Waals surface area contributed by atoms with Crippen LogP contribution in [0.25, 0.3) is 0 Å². The molecule has 1 aromatic heterocycles. The van der Waals surface area contributed by atoms with Crippen molar-refractivity contribution < 1.29 is 19.4 Å². The number of aryl methyl sites for hydroxylation is 1. The van der Waals surface area contributed by atoms with E-state index < -0.39 is 11.9 Å². The van der Waals surface area contributed by atoms with Gasteiger partial charge < -0.3 is 15.2 Å². The van der Waals surface area contributed by atoms with Gasteiger partial charge in [-0.1, -0.05) is 31.0 Å². The van der Waals surface area contributed by atoms with Gasteiger partial charge in [0, 0.05) is 11.9 Å². The Balaban J connectivity index is 1.78. The molecule has 0 fully saturated rings. The second-order valence-electron chi connectivity index (χ2n) is 6.14. The number of aromatic nitrogens is 1. The first-order chi connectivity index (χ1) is 12.5. The Morgan fingerprint density at radius 1 is 1.31 bits per heavy atom. The normalized spacial score (nSPS) is 11.8. The maximum atomic E-state index is 12.0. The van der Waals surface area contributed by atoms with E-state index in [1.807, 2.05) is 43.5 Å². The lowest BCUT2D eigenvalue weighted by molar-refractivity contribution is -0.141. The average Bonchev–Trinajstić information content (AvgIpc) is 3.05. The van der Waals surface area contributed by atoms with Crippen LogP contribution in [-0.4, -0.2) is 28.5 Å². The molecule has 2 aromatic rings. The molecule has 0 saturated heterocycles. The molecule has 6 nitrogen and oxygen atoms in total. The minimum absolute atomic E-state index is 0.138. The van der Waals surface area contributed by atoms with Crippen LogP contribution in [0.2, 0.25) is 0 Å². The summed E-state index contributed by atoms with van der Waals surface area (Å²) in [4.78, 5) is 27.5. The molecule has 26 heavy (non-hydrogen) atoms. The van der Waals surface area contributed by atoms with Gasteiger partial charge in [0.2, 0.25) is 5.91 Å². The molecule has 0 spiro atoms. The van der Waals surface area contributed by atoms with Crippen LogP contribution in [0.5, 0.6) is 5.75 Å². The first kappa shape index (κ1) is 19.9. The monoisotopic (exact) mass is 376 g/mol. The number of aliphatic carboxylic acids is 1. The van der Waals surface area contributed by atoms with Crippen molar-refractivity contribution in [1.29, 1.82) is 0 Å². The zero-order valence-electron chi connectivity index (χ0n) is 15.0. The molecule has 1 heterocycles. The van der Waals surface area contributed by atoms with E-state index >= 15 is 0 Å². The van der Waals surface area contributed by atoms with Crippen LogP contribution in [0.1, 0.15) is 36.0 Å². The number of hydrogen-bond donors (Lipinski definition) is 2. The van der Waals surface area contributed by atoms with E-state index in [9.17, 15) is 9.59 Å². The van der Waals surface area contributed by atoms with E-state index in [-0.39, 0.29) is 18.9 Å². The fraction of sp³-hybridized carbons (Fsp3) is 0.421. The van der Waals surface area contributed by atoms with Crippen LogP contribution < -0.4 is 10.1 Å². The number of nitrogens with zero attached hydrogens (tertiary/aromatic N) is 1. The minimum Gasteiger partial charge on any atom is -0.486 e. The quantitative estimate of drug-likeness (QED) is 0.665. The third-order valence-corrected chi connectivity index (χ3v) is 4.73. The molecule has 1 aromatic carbocycles. The zero-order valence-corrected chi connectivity index (χ0v) is 15.8. The van der Waals surface area contributed by atoms with Gasteiger partial charge >= 0.3 is 5.97 Å². The highest BCUT2D eigenvalue weighted by Crippen LogP contribution is 2.16. The maximum Gasteiger partial charge on any atom is 0.308 e. The number of nitrogens with one attached hydrogen (secondary N) is 1. The summed E-state index contributed by atoms with van der Waals surface area (Å²) in [6, 6.07) is 7.78. The molecule has 2 rings (SSSR count). The Bertz CT molecular complexity index is 727. The molecular weight excluding hydrogens is 352 g/mol. The highest BCUT2D eigenvalue weighted by Gasteiger charge is 2.17. The van der Waals surface area contributed by atoms with Gasteiger partial charge in [0.05, 0.1) is 18.0 Å². The lowest BCUT2D eigenvalue weighted by Crippen LogP contribution is -2.33. The van der Waals surface area contributed by atoms with E-state index in [0.717, 1.165) is 17.2 Å². The predicted molar refractivity (Wildman–Crippen MR) is 100 cm³/mol. The van der Waals surface area contributed by atoms with Crippen molar-refractivity contribution in [3.63, 3.8) is 0 Å². The molecule has 1 amide bonds. The average molecular weight is 376 g/mol. The van der Waals surface area contributed by atoms with Crippen molar-refractivity contribution in [2.24, 2.45) is 5.92 Å². The topological polar surface area (TPSA) is 88.5 Å². The van der Waals surface area contributed by atoms with E-state index in [4.69, 9.17) is 9.84 Å². The number of hydrogen-bond acceptors (Lipinski definition) is 5. The molecule has 0 saturated carbocycles. The highest BCUT2D eigenvalue weighted by atomic mass is 32.1. The van der Waals surface area contributed by atoms with E-state index in [1.54, 1.807) is 0 Å². The molecule has 7 heteroatoms. The van der Waals surface area contributed by atoms with Gasteiger partial charge in [-0.05, 0) is 25.5 Å². The zero-order chi connectivity index (χ0) is 18.9. The number of benzene rings is 1. The van der Waals surface area contributed by atoms with E-state index in [2.05, 4.69) is 10.3 Å². The van der Waals surface area contributed by atoms with Crippen LogP contribution in [0.3, 0.4) is 0 Å². The number of rotatable bonds is 10. The van der Waals surface area contributed by atoms with Crippen molar-refractivity contribution in [3.8, 4) is 5.75 Å². The summed E-state index contributed by atoms with van der Waals surface area (Å²) in [5.41, 5.74) is 1.83. The molecular formula is C19H24N2O4S. The second kappa shape index (κ2) is 9.91. The van der Waals surface area contributed by atoms with Gasteiger partial charge in [0.15, 0.2) is 0 Å². The predicted octanol–water partition coefficient (Wildman–Crippen LogP) is 3.19. The Labute approximate surface area is 157 Å². The number of amides is 1. The van der Waals surface area contributed by atoms with Gasteiger partial charge in [0.25, 0.3) is 0 Å². The lowest BCUT2D eigenvalue weighted by Gasteiger charge is -2.11. The van der Waals surface area contributed by atoms with Crippen LogP contribution in [0, 0.1) is 12.8 Å². The molecule has 0 aliphatic carbocycles. The Morgan fingerprint density at radius 2 is 2.04 bits per heavy atom. The van der Waals surface area contributed by atoms with Gasteiger partial charge in [0.1, 0.15) is 17.4 Å². The number of carboxylic acid groups (broad SMARTS) is 1. The molecule has 1 unspecified atom stereocenters. The van der Waals surface area contributed by atoms with Gasteiger partial charge in [-0.15, -0.1) is 11.3 Å². The molecule has 0 radical (unpaired) electrons. The molecule has 0 aliphatic rings. The summed E-state index contributed by atoms with van der Waals surface area (Å²) in [6.45, 7) is 4.44. The highest BCUT2D eigenvalue weighted by molar-refractivity contribution is 7.09. The van der Waals surface area contributed by atoms with Crippen LogP contribution >= 0.6 is 11.3 Å². The van der Waals surface area contributed by atoms with Crippen molar-refractivity contribution in [2.45, 2.75) is 39.7 Å². The van der Waals surface area contributed by atoms with Crippen molar-refractivity contribution in [3.05, 3.63) is 45.9 Å². The van der Waals surface area contributed by atoms with Gasteiger partial charge in [-0.2, -0.15) is 0 Å². The van der Waals surface area contributed by atoms with Crippen LogP contribution in [0.15, 0.2) is 29.6 Å². The van der Waals surface area contributed by atoms with Crippen molar-refractivity contribution in [2.75, 3.05) is 6.54 Å². The molecule has 2 N–H and O–H groups in total. The largest absolute Gasteiger partial charge is 0.486 e. The number of ether oxygens (including phenoxy) is 1. The SMILES string of the molecule is CCCC(CNC(=O)Cc1csc(COc2ccc(C)cc2)n1)C(=O)O. The summed E-state index contributed by atoms with van der Waals surface area (Å²) in [7, 11) is 0. The van der Waals surface area contributed by atoms with Crippen LogP contribution in [-0.2, 0) is 22.6 Å². The smallest absolute Gasteiger partial charge is 0.308 e. The molecule has 1 atom stereocenters. The Kier molecular flexibility index (Phi) is 7.59. The van der Waals surface area contributed by atoms with Crippen molar-refractivity contribution in [1.82, 2.24) is 10.3 Å². The summed E-state index contributed by atoms with van der Waals surface area (Å²) in [5, 5.41) is 14.4. The molecule has 0 aliphatic heterocycles. The number of thiazole rings is 1. The standard InChI is InChI=1S/C19H24N2O4S/c1-3-4-14(19(23)24)10-20-17(22)9-15-12-26-18(21-15)11-25-16-7-5-13(2)6-8-16/h5-8,12,14H,3-4,9-11H2,1-2H3,(H,20,22)(H,23,24). The first-order valence-corrected chi connectivity index (χ1v) is 9.48. The van der Waals surface area contributed by atoms with Gasteiger partial charge in [-0.3, -0.25) is 9.59 Å². The van der Waals surface area contributed by atoms with E-state index in [0.29, 0.717) is 18.7 Å². The second-order valence-corrected chi connectivity index (χ2v) is 7.08. The molecule has 0 bridgehead atoms. The first-order valence-electron chi connectivity index (χ1n) is 8.60. The summed E-state index contributed by atoms with van der Waals surface area (Å²) in [6.07, 6.45) is 1.45. The third kappa shape index (κ3) is 6.48. The Hall–Kier alpha value is -2.41. The summed E-state index contributed by atoms with van der Waals surface area (Å²) in [5.74, 6) is -0.862. The maximum absolute atomic E-state index is 12.0. The number of carbonyl (C=O) groups excluding carboxylic acids is 1. The molecule has 140 valence electrons. The lowest BCUT2D eigenvalue weighted by atomic mass is 10.0. The third-order valence-electron chi connectivity index (χ3n) is 3.86. The minimum atomic E-state index is -0.878. The number of carbonyl (C=O) groups is 2. The fourth-order valence-corrected chi connectivity index (χ4v) is 3.11. The summed E-state index contributed by atoms with van der Waals surface area (Å²) >= 11 is 1.44. The van der Waals surface area contributed by atoms with Gasteiger partial charge in [-0.25, -0.2) is 4.98 Å². The fourth-order valence-electron chi connectivity index (χ4n) is 2.40. The summed E-state index contributed by atoms with van der Waals surface area (Å²) < 4.78 is 5.68. The van der Waals surface area contributed by atoms with E-state index in [1.165, 1.54) is 16.9 Å².